The molecule has 0 aliphatic heterocycles. The summed E-state index contributed by atoms with van der Waals surface area (Å²) >= 11 is 24.0. The second kappa shape index (κ2) is 4.29. The molecule has 0 unspecified atom stereocenters. The Morgan fingerprint density at radius 3 is 1.57 bits per heavy atom. The molecule has 0 rings (SSSR count). The van der Waals surface area contributed by atoms with Gasteiger partial charge in [0.15, 0.2) is 0 Å². The molecule has 2 nitrogen and oxygen atoms in total. The van der Waals surface area contributed by atoms with E-state index >= 15 is 0 Å². The molecule has 0 heterocycles. The number of halogens is 8. The van der Waals surface area contributed by atoms with Crippen LogP contribution in [0.25, 0.3) is 0 Å². The van der Waals surface area contributed by atoms with Crippen molar-refractivity contribution in [2.75, 3.05) is 0 Å². The molecule has 0 N–H and O–H groups in total. The van der Waals surface area contributed by atoms with E-state index in [1.54, 1.807) is 0 Å². The Balaban J connectivity index is 4.62. The third-order valence-corrected chi connectivity index (χ3v) is 1.83. The number of hydrogen-bond acceptors (Lipinski definition) is 2. The predicted octanol–water partition coefficient (Wildman–Crippen LogP) is 3.59. The first-order valence-electron chi connectivity index (χ1n) is 2.62. The van der Waals surface area contributed by atoms with E-state index < -0.39 is 20.5 Å². The van der Waals surface area contributed by atoms with Crippen LogP contribution in [0, 0.1) is 0 Å². The highest BCUT2D eigenvalue weighted by molar-refractivity contribution is 6.75. The zero-order valence-electron chi connectivity index (χ0n) is 5.84. The second-order valence-corrected chi connectivity index (χ2v) is 5.44. The Morgan fingerprint density at radius 2 is 1.36 bits per heavy atom. The summed E-state index contributed by atoms with van der Waals surface area (Å²) < 4.78 is 32.9. The first kappa shape index (κ1) is 14.7. The smallest absolute Gasteiger partial charge is 0.416 e. The molecule has 0 saturated carbocycles. The SMILES string of the molecule is O=C(OC(Cl)(Cl)C(F)(F)F)C(Cl)(Cl)Cl. The van der Waals surface area contributed by atoms with E-state index in [9.17, 15) is 18.0 Å². The van der Waals surface area contributed by atoms with Crippen LogP contribution in [0.1, 0.15) is 0 Å². The first-order valence-corrected chi connectivity index (χ1v) is 4.51. The third kappa shape index (κ3) is 4.06. The zero-order valence-corrected chi connectivity index (χ0v) is 9.62. The van der Waals surface area contributed by atoms with Crippen LogP contribution in [-0.4, -0.2) is 20.5 Å². The van der Waals surface area contributed by atoms with Gasteiger partial charge in [0, 0.05) is 0 Å². The zero-order chi connectivity index (χ0) is 11.8. The van der Waals surface area contributed by atoms with Crippen LogP contribution in [-0.2, 0) is 9.53 Å². The molecule has 0 atom stereocenters. The fourth-order valence-electron chi connectivity index (χ4n) is 0.232. The van der Waals surface area contributed by atoms with Gasteiger partial charge in [-0.15, -0.1) is 0 Å². The molecule has 0 aliphatic rings. The summed E-state index contributed by atoms with van der Waals surface area (Å²) in [4.78, 5) is 10.6. The maximum atomic E-state index is 11.9. The highest BCUT2D eigenvalue weighted by Gasteiger charge is 2.58. The highest BCUT2D eigenvalue weighted by Crippen LogP contribution is 2.42. The Kier molecular flexibility index (Phi) is 4.51. The average molecular weight is 314 g/mol. The van der Waals surface area contributed by atoms with Gasteiger partial charge in [-0.1, -0.05) is 34.8 Å². The van der Waals surface area contributed by atoms with E-state index in [-0.39, 0.29) is 0 Å². The van der Waals surface area contributed by atoms with E-state index in [1.165, 1.54) is 0 Å². The molecule has 0 fully saturated rings. The molecule has 0 radical (unpaired) electrons. The number of alkyl halides is 8. The van der Waals surface area contributed by atoms with Crippen molar-refractivity contribution in [1.82, 2.24) is 0 Å². The first-order chi connectivity index (χ1) is 5.88. The monoisotopic (exact) mass is 312 g/mol. The third-order valence-electron chi connectivity index (χ3n) is 0.782. The van der Waals surface area contributed by atoms with E-state index in [2.05, 4.69) is 27.9 Å². The molecular weight excluding hydrogens is 314 g/mol. The van der Waals surface area contributed by atoms with Crippen LogP contribution >= 0.6 is 58.0 Å². The van der Waals surface area contributed by atoms with Crippen molar-refractivity contribution in [3.05, 3.63) is 0 Å². The van der Waals surface area contributed by atoms with Gasteiger partial charge in [-0.05, 0) is 23.2 Å². The molecule has 0 amide bonds. The van der Waals surface area contributed by atoms with Gasteiger partial charge >= 0.3 is 16.7 Å². The summed E-state index contributed by atoms with van der Waals surface area (Å²) in [6, 6.07) is 0. The lowest BCUT2D eigenvalue weighted by Gasteiger charge is -2.23. The summed E-state index contributed by atoms with van der Waals surface area (Å²) in [5.74, 6) is -1.83. The normalized spacial score (nSPS) is 14.0. The number of rotatable bonds is 1. The summed E-state index contributed by atoms with van der Waals surface area (Å²) in [5.41, 5.74) is 0. The molecular formula is C4Cl5F3O2. The van der Waals surface area contributed by atoms with Gasteiger partial charge in [0.1, 0.15) is 0 Å². The molecule has 0 saturated heterocycles. The van der Waals surface area contributed by atoms with Crippen LogP contribution in [0.2, 0.25) is 0 Å². The number of carbonyl (C=O) groups is 1. The standard InChI is InChI=1S/C4Cl5F3O2/c5-2(6,7)1(13)14-3(8,9)4(10,11)12. The molecule has 0 aromatic rings. The molecule has 14 heavy (non-hydrogen) atoms. The Labute approximate surface area is 101 Å². The van der Waals surface area contributed by atoms with Gasteiger partial charge in [0.25, 0.3) is 3.79 Å². The number of hydrogen-bond donors (Lipinski definition) is 0. The van der Waals surface area contributed by atoms with Crippen LogP contribution < -0.4 is 0 Å². The molecule has 84 valence electrons. The minimum absolute atomic E-state index is 1.83. The fraction of sp³-hybridized carbons (Fsp3) is 0.750. The van der Waals surface area contributed by atoms with E-state index in [4.69, 9.17) is 34.8 Å². The highest BCUT2D eigenvalue weighted by atomic mass is 35.6. The Morgan fingerprint density at radius 1 is 1.00 bits per heavy atom. The molecule has 0 aromatic carbocycles. The van der Waals surface area contributed by atoms with Crippen LogP contribution in [0.4, 0.5) is 13.2 Å². The van der Waals surface area contributed by atoms with Gasteiger partial charge in [-0.25, -0.2) is 4.79 Å². The minimum atomic E-state index is -5.19. The maximum Gasteiger partial charge on any atom is 0.459 e. The van der Waals surface area contributed by atoms with Gasteiger partial charge in [-0.3, -0.25) is 0 Å². The summed E-state index contributed by atoms with van der Waals surface area (Å²) in [6.45, 7) is 0. The van der Waals surface area contributed by atoms with Crippen molar-refractivity contribution in [3.63, 3.8) is 0 Å². The molecule has 0 bridgehead atoms. The van der Waals surface area contributed by atoms with E-state index in [0.29, 0.717) is 0 Å². The molecule has 0 spiro atoms. The van der Waals surface area contributed by atoms with E-state index in [0.717, 1.165) is 0 Å². The maximum absolute atomic E-state index is 11.9. The van der Waals surface area contributed by atoms with Crippen molar-refractivity contribution in [2.24, 2.45) is 0 Å². The van der Waals surface area contributed by atoms with Crippen molar-refractivity contribution >= 4 is 64.0 Å². The van der Waals surface area contributed by atoms with Crippen LogP contribution in [0.5, 0.6) is 0 Å². The van der Waals surface area contributed by atoms with Crippen molar-refractivity contribution in [2.45, 2.75) is 14.5 Å². The topological polar surface area (TPSA) is 26.3 Å². The van der Waals surface area contributed by atoms with Crippen molar-refractivity contribution in [3.8, 4) is 0 Å². The summed E-state index contributed by atoms with van der Waals surface area (Å²) in [6.07, 6.45) is -5.19. The van der Waals surface area contributed by atoms with Crippen LogP contribution in [0.15, 0.2) is 0 Å². The molecule has 0 aliphatic carbocycles. The lowest BCUT2D eigenvalue weighted by atomic mass is 10.6. The second-order valence-electron chi connectivity index (χ2n) is 1.90. The Hall–Kier alpha value is 0.710. The lowest BCUT2D eigenvalue weighted by molar-refractivity contribution is -0.212. The minimum Gasteiger partial charge on any atom is -0.416 e. The molecule has 10 heteroatoms. The van der Waals surface area contributed by atoms with Gasteiger partial charge in [0.05, 0.1) is 0 Å². The number of ether oxygens (including phenoxy) is 1. The van der Waals surface area contributed by atoms with Gasteiger partial charge in [0.2, 0.25) is 0 Å². The summed E-state index contributed by atoms with van der Waals surface area (Å²) in [5, 5.41) is 0. The van der Waals surface area contributed by atoms with Crippen molar-refractivity contribution in [1.29, 1.82) is 0 Å². The quantitative estimate of drug-likeness (QED) is 0.546. The average Bonchev–Trinajstić information content (AvgIpc) is 1.80. The number of esters is 1. The Bertz CT molecular complexity index is 232. The lowest BCUT2D eigenvalue weighted by Crippen LogP contribution is -2.41. The van der Waals surface area contributed by atoms with Crippen molar-refractivity contribution < 1.29 is 22.7 Å². The van der Waals surface area contributed by atoms with E-state index in [1.807, 2.05) is 0 Å². The summed E-state index contributed by atoms with van der Waals surface area (Å²) in [7, 11) is 0. The molecule has 0 aromatic heterocycles. The van der Waals surface area contributed by atoms with Crippen LogP contribution in [0.3, 0.4) is 0 Å². The fourth-order valence-corrected chi connectivity index (χ4v) is 0.488. The van der Waals surface area contributed by atoms with Gasteiger partial charge in [-0.2, -0.15) is 13.2 Å². The van der Waals surface area contributed by atoms with Gasteiger partial charge < -0.3 is 4.74 Å². The largest absolute Gasteiger partial charge is 0.459 e. The number of carbonyl (C=O) groups excluding carboxylic acids is 1. The predicted molar refractivity (Wildman–Crippen MR) is 46.9 cm³/mol.